The van der Waals surface area contributed by atoms with Crippen molar-refractivity contribution in [2.45, 2.75) is 37.2 Å². The first-order valence-electron chi connectivity index (χ1n) is 5.83. The van der Waals surface area contributed by atoms with E-state index in [2.05, 4.69) is 16.5 Å². The quantitative estimate of drug-likeness (QED) is 0.731. The number of hydrogen-bond donors (Lipinski definition) is 1. The fourth-order valence-corrected chi connectivity index (χ4v) is 3.75. The van der Waals surface area contributed by atoms with E-state index in [-0.39, 0.29) is 17.4 Å². The molecular weight excluding hydrogens is 228 g/mol. The monoisotopic (exact) mass is 248 g/mol. The largest absolute Gasteiger partial charge is 0.378 e. The minimum absolute atomic E-state index is 0.0199. The minimum atomic E-state index is -3.10. The van der Waals surface area contributed by atoms with Crippen molar-refractivity contribution in [1.82, 2.24) is 9.62 Å². The average Bonchev–Trinajstić information content (AvgIpc) is 3.02. The third-order valence-electron chi connectivity index (χ3n) is 3.37. The molecule has 0 aromatic rings. The lowest BCUT2D eigenvalue weighted by Gasteiger charge is -2.18. The molecule has 94 valence electrons. The van der Waals surface area contributed by atoms with Gasteiger partial charge in [0.2, 0.25) is 10.0 Å². The molecule has 1 aliphatic heterocycles. The molecule has 0 amide bonds. The first-order valence-corrected chi connectivity index (χ1v) is 7.37. The van der Waals surface area contributed by atoms with Crippen LogP contribution in [0.25, 0.3) is 0 Å². The van der Waals surface area contributed by atoms with Gasteiger partial charge in [-0.25, -0.2) is 13.1 Å². The summed E-state index contributed by atoms with van der Waals surface area (Å²) in [6.07, 6.45) is 1.59. The summed E-state index contributed by atoms with van der Waals surface area (Å²) in [7, 11) is -1.46. The highest BCUT2D eigenvalue weighted by molar-refractivity contribution is 7.90. The second kappa shape index (κ2) is 4.60. The van der Waals surface area contributed by atoms with Gasteiger partial charge in [-0.3, -0.25) is 4.90 Å². The second-order valence-corrected chi connectivity index (χ2v) is 6.59. The van der Waals surface area contributed by atoms with Crippen LogP contribution in [0.15, 0.2) is 0 Å². The van der Waals surface area contributed by atoms with Crippen molar-refractivity contribution in [1.29, 1.82) is 0 Å². The van der Waals surface area contributed by atoms with Crippen LogP contribution < -0.4 is 4.72 Å². The van der Waals surface area contributed by atoms with Gasteiger partial charge in [0.25, 0.3) is 0 Å². The first kappa shape index (κ1) is 12.3. The lowest BCUT2D eigenvalue weighted by atomic mass is 10.2. The van der Waals surface area contributed by atoms with Crippen molar-refractivity contribution in [2.75, 3.05) is 26.7 Å². The highest BCUT2D eigenvalue weighted by Crippen LogP contribution is 2.28. The van der Waals surface area contributed by atoms with Crippen LogP contribution in [0.4, 0.5) is 0 Å². The predicted octanol–water partition coefficient (Wildman–Crippen LogP) is -0.213. The molecule has 0 unspecified atom stereocenters. The van der Waals surface area contributed by atoms with Crippen molar-refractivity contribution in [3.8, 4) is 0 Å². The third-order valence-corrected chi connectivity index (χ3v) is 5.35. The van der Waals surface area contributed by atoms with E-state index in [9.17, 15) is 8.42 Å². The molecule has 1 saturated carbocycles. The Morgan fingerprint density at radius 2 is 2.06 bits per heavy atom. The van der Waals surface area contributed by atoms with E-state index in [1.54, 1.807) is 7.11 Å². The number of ether oxygens (including phenoxy) is 1. The Bertz CT molecular complexity index is 340. The van der Waals surface area contributed by atoms with Crippen LogP contribution in [0, 0.1) is 0 Å². The molecular formula is C10H20N2O3S. The second-order valence-electron chi connectivity index (χ2n) is 4.60. The topological polar surface area (TPSA) is 58.6 Å². The van der Waals surface area contributed by atoms with E-state index in [0.29, 0.717) is 0 Å². The molecule has 0 aromatic carbocycles. The summed E-state index contributed by atoms with van der Waals surface area (Å²) in [6.45, 7) is 4.57. The van der Waals surface area contributed by atoms with Gasteiger partial charge in [-0.15, -0.1) is 0 Å². The van der Waals surface area contributed by atoms with E-state index in [1.165, 1.54) is 0 Å². The van der Waals surface area contributed by atoms with Crippen LogP contribution in [-0.2, 0) is 14.8 Å². The maximum Gasteiger partial charge on any atom is 0.214 e. The van der Waals surface area contributed by atoms with Crippen molar-refractivity contribution in [3.05, 3.63) is 0 Å². The fraction of sp³-hybridized carbons (Fsp3) is 1.00. The third kappa shape index (κ3) is 2.56. The minimum Gasteiger partial charge on any atom is -0.378 e. The van der Waals surface area contributed by atoms with Gasteiger partial charge < -0.3 is 4.74 Å². The molecule has 6 heteroatoms. The zero-order chi connectivity index (χ0) is 11.8. The number of likely N-dealkylation sites (tertiary alicyclic amines) is 1. The molecule has 0 radical (unpaired) electrons. The molecule has 1 heterocycles. The molecule has 5 nitrogen and oxygen atoms in total. The Kier molecular flexibility index (Phi) is 3.53. The molecule has 0 aromatic heterocycles. The summed E-state index contributed by atoms with van der Waals surface area (Å²) in [6, 6.07) is -0.0875. The molecule has 16 heavy (non-hydrogen) atoms. The lowest BCUT2D eigenvalue weighted by Crippen LogP contribution is -2.44. The number of hydrogen-bond acceptors (Lipinski definition) is 4. The van der Waals surface area contributed by atoms with Crippen LogP contribution in [0.5, 0.6) is 0 Å². The Hall–Kier alpha value is -0.170. The Morgan fingerprint density at radius 3 is 2.56 bits per heavy atom. The van der Waals surface area contributed by atoms with E-state index in [4.69, 9.17) is 4.74 Å². The first-order chi connectivity index (χ1) is 7.56. The van der Waals surface area contributed by atoms with Gasteiger partial charge in [0, 0.05) is 20.2 Å². The van der Waals surface area contributed by atoms with Crippen LogP contribution in [0.3, 0.4) is 0 Å². The molecule has 2 aliphatic rings. The van der Waals surface area contributed by atoms with Crippen LogP contribution in [0.2, 0.25) is 0 Å². The molecule has 2 atom stereocenters. The van der Waals surface area contributed by atoms with E-state index >= 15 is 0 Å². The predicted molar refractivity (Wildman–Crippen MR) is 61.8 cm³/mol. The van der Waals surface area contributed by atoms with Gasteiger partial charge in [-0.1, -0.05) is 6.92 Å². The maximum atomic E-state index is 11.8. The zero-order valence-electron chi connectivity index (χ0n) is 9.85. The van der Waals surface area contributed by atoms with Gasteiger partial charge in [-0.2, -0.15) is 0 Å². The maximum absolute atomic E-state index is 11.8. The Morgan fingerprint density at radius 1 is 1.38 bits per heavy atom. The number of nitrogens with one attached hydrogen (secondary N) is 1. The normalized spacial score (nSPS) is 32.1. The van der Waals surface area contributed by atoms with Gasteiger partial charge >= 0.3 is 0 Å². The lowest BCUT2D eigenvalue weighted by molar-refractivity contribution is 0.0954. The number of likely N-dealkylation sites (N-methyl/N-ethyl adjacent to an activating group) is 1. The zero-order valence-corrected chi connectivity index (χ0v) is 10.7. The molecule has 0 spiro atoms. The molecule has 1 aliphatic carbocycles. The van der Waals surface area contributed by atoms with E-state index in [1.807, 2.05) is 0 Å². The van der Waals surface area contributed by atoms with Crippen LogP contribution in [0.1, 0.15) is 19.8 Å². The van der Waals surface area contributed by atoms with Gasteiger partial charge in [0.1, 0.15) is 0 Å². The molecule has 2 fully saturated rings. The van der Waals surface area contributed by atoms with E-state index in [0.717, 1.165) is 32.5 Å². The average molecular weight is 248 g/mol. The standard InChI is InChI=1S/C10H20N2O3S/c1-3-12-6-9(10(7-12)15-2)11-16(13,14)8-4-5-8/h8-11H,3-7H2,1-2H3/t9-,10-/m0/s1. The Labute approximate surface area is 97.2 Å². The smallest absolute Gasteiger partial charge is 0.214 e. The summed E-state index contributed by atoms with van der Waals surface area (Å²) in [5.74, 6) is 0. The van der Waals surface area contributed by atoms with Crippen molar-refractivity contribution < 1.29 is 13.2 Å². The van der Waals surface area contributed by atoms with Gasteiger partial charge in [0.15, 0.2) is 0 Å². The van der Waals surface area contributed by atoms with Gasteiger partial charge in [0.05, 0.1) is 17.4 Å². The number of methoxy groups -OCH3 is 1. The Balaban J connectivity index is 1.97. The number of sulfonamides is 1. The van der Waals surface area contributed by atoms with E-state index < -0.39 is 10.0 Å². The number of rotatable bonds is 5. The fourth-order valence-electron chi connectivity index (χ4n) is 2.15. The summed E-state index contributed by atoms with van der Waals surface area (Å²) >= 11 is 0. The van der Waals surface area contributed by atoms with Crippen LogP contribution >= 0.6 is 0 Å². The summed E-state index contributed by atoms with van der Waals surface area (Å²) in [5, 5.41) is -0.152. The van der Waals surface area contributed by atoms with Crippen LogP contribution in [-0.4, -0.2) is 57.5 Å². The summed E-state index contributed by atoms with van der Waals surface area (Å²) in [4.78, 5) is 2.20. The highest BCUT2D eigenvalue weighted by Gasteiger charge is 2.41. The molecule has 0 bridgehead atoms. The SMILES string of the molecule is CCN1C[C@H](NS(=O)(=O)C2CC2)[C@@H](OC)C1. The van der Waals surface area contributed by atoms with Crippen molar-refractivity contribution >= 4 is 10.0 Å². The highest BCUT2D eigenvalue weighted by atomic mass is 32.2. The summed E-state index contributed by atoms with van der Waals surface area (Å²) < 4.78 is 31.8. The summed E-state index contributed by atoms with van der Waals surface area (Å²) in [5.41, 5.74) is 0. The van der Waals surface area contributed by atoms with Crippen molar-refractivity contribution in [3.63, 3.8) is 0 Å². The molecule has 1 saturated heterocycles. The number of nitrogens with zero attached hydrogens (tertiary/aromatic N) is 1. The molecule has 1 N–H and O–H groups in total. The van der Waals surface area contributed by atoms with Crippen molar-refractivity contribution in [2.24, 2.45) is 0 Å². The van der Waals surface area contributed by atoms with Gasteiger partial charge in [-0.05, 0) is 19.4 Å². The molecule has 2 rings (SSSR count).